The molecule has 14 heavy (non-hydrogen) atoms. The van der Waals surface area contributed by atoms with Gasteiger partial charge in [0.25, 0.3) is 0 Å². The molecule has 5 nitrogen and oxygen atoms in total. The molecule has 0 saturated carbocycles. The molecule has 1 heterocycles. The third-order valence-electron chi connectivity index (χ3n) is 2.00. The van der Waals surface area contributed by atoms with E-state index in [9.17, 15) is 9.59 Å². The number of carbonyl (C=O) groups is 2. The SMILES string of the molecule is O=C1CN(C(=O)O)c2ccccc2N1. The number of amides is 2. The average molecular weight is 192 g/mol. The minimum absolute atomic E-state index is 0.146. The van der Waals surface area contributed by atoms with Crippen LogP contribution in [0.5, 0.6) is 0 Å². The highest BCUT2D eigenvalue weighted by Crippen LogP contribution is 2.28. The number of fused-ring (bicyclic) bond motifs is 1. The standard InChI is InChI=1S/C9H8N2O3/c12-8-5-11(9(13)14)7-4-2-1-3-6(7)10-8/h1-4H,5H2,(H,10,12)(H,13,14). The molecule has 0 saturated heterocycles. The molecule has 0 radical (unpaired) electrons. The molecule has 1 aromatic rings. The summed E-state index contributed by atoms with van der Waals surface area (Å²) < 4.78 is 0. The van der Waals surface area contributed by atoms with Crippen LogP contribution >= 0.6 is 0 Å². The lowest BCUT2D eigenvalue weighted by Gasteiger charge is -2.26. The molecule has 5 heteroatoms. The summed E-state index contributed by atoms with van der Waals surface area (Å²) in [6.45, 7) is -0.146. The van der Waals surface area contributed by atoms with Gasteiger partial charge in [-0.3, -0.25) is 9.69 Å². The van der Waals surface area contributed by atoms with E-state index in [1.54, 1.807) is 24.3 Å². The van der Waals surface area contributed by atoms with E-state index < -0.39 is 6.09 Å². The summed E-state index contributed by atoms with van der Waals surface area (Å²) in [6.07, 6.45) is -1.12. The van der Waals surface area contributed by atoms with Gasteiger partial charge in [0.1, 0.15) is 6.54 Å². The summed E-state index contributed by atoms with van der Waals surface area (Å²) in [6, 6.07) is 6.79. The average Bonchev–Trinajstić information content (AvgIpc) is 2.16. The molecule has 1 aromatic carbocycles. The summed E-state index contributed by atoms with van der Waals surface area (Å²) in [4.78, 5) is 23.0. The second kappa shape index (κ2) is 3.02. The van der Waals surface area contributed by atoms with E-state index in [2.05, 4.69) is 5.32 Å². The summed E-state index contributed by atoms with van der Waals surface area (Å²) in [5, 5.41) is 11.4. The van der Waals surface area contributed by atoms with Gasteiger partial charge in [-0.15, -0.1) is 0 Å². The van der Waals surface area contributed by atoms with Crippen molar-refractivity contribution in [1.29, 1.82) is 0 Å². The minimum atomic E-state index is -1.12. The van der Waals surface area contributed by atoms with Gasteiger partial charge in [-0.2, -0.15) is 0 Å². The predicted molar refractivity (Wildman–Crippen MR) is 50.4 cm³/mol. The Labute approximate surface area is 79.9 Å². The molecule has 0 atom stereocenters. The zero-order valence-electron chi connectivity index (χ0n) is 7.23. The van der Waals surface area contributed by atoms with E-state index in [-0.39, 0.29) is 12.5 Å². The van der Waals surface area contributed by atoms with Crippen molar-refractivity contribution in [3.05, 3.63) is 24.3 Å². The molecule has 72 valence electrons. The highest BCUT2D eigenvalue weighted by Gasteiger charge is 2.25. The fraction of sp³-hybridized carbons (Fsp3) is 0.111. The minimum Gasteiger partial charge on any atom is -0.465 e. The molecule has 0 aliphatic carbocycles. The van der Waals surface area contributed by atoms with Gasteiger partial charge in [-0.05, 0) is 12.1 Å². The van der Waals surface area contributed by atoms with Crippen molar-refractivity contribution >= 4 is 23.4 Å². The number of rotatable bonds is 0. The Morgan fingerprint density at radius 3 is 2.86 bits per heavy atom. The summed E-state index contributed by atoms with van der Waals surface area (Å²) >= 11 is 0. The van der Waals surface area contributed by atoms with Gasteiger partial charge in [-0.1, -0.05) is 12.1 Å². The predicted octanol–water partition coefficient (Wildman–Crippen LogP) is 1.12. The second-order valence-corrected chi connectivity index (χ2v) is 2.93. The second-order valence-electron chi connectivity index (χ2n) is 2.93. The first kappa shape index (κ1) is 8.55. The number of carbonyl (C=O) groups excluding carboxylic acids is 1. The van der Waals surface area contributed by atoms with Crippen molar-refractivity contribution in [2.75, 3.05) is 16.8 Å². The number of carboxylic acid groups (broad SMARTS) is 1. The normalized spacial score (nSPS) is 14.6. The van der Waals surface area contributed by atoms with Crippen LogP contribution in [0.15, 0.2) is 24.3 Å². The van der Waals surface area contributed by atoms with Crippen molar-refractivity contribution in [2.24, 2.45) is 0 Å². The van der Waals surface area contributed by atoms with Crippen LogP contribution in [-0.2, 0) is 4.79 Å². The molecular formula is C9H8N2O3. The molecule has 2 N–H and O–H groups in total. The van der Waals surface area contributed by atoms with Gasteiger partial charge >= 0.3 is 6.09 Å². The summed E-state index contributed by atoms with van der Waals surface area (Å²) in [5.74, 6) is -0.314. The van der Waals surface area contributed by atoms with Crippen LogP contribution in [0.4, 0.5) is 16.2 Å². The lowest BCUT2D eigenvalue weighted by atomic mass is 10.2. The molecule has 1 aliphatic heterocycles. The first-order valence-electron chi connectivity index (χ1n) is 4.08. The van der Waals surface area contributed by atoms with E-state index >= 15 is 0 Å². The zero-order chi connectivity index (χ0) is 10.1. The maximum Gasteiger partial charge on any atom is 0.412 e. The number of hydrogen-bond donors (Lipinski definition) is 2. The van der Waals surface area contributed by atoms with Crippen LogP contribution in [0.3, 0.4) is 0 Å². The van der Waals surface area contributed by atoms with Crippen molar-refractivity contribution in [2.45, 2.75) is 0 Å². The Bertz CT molecular complexity index is 403. The third-order valence-corrected chi connectivity index (χ3v) is 2.00. The van der Waals surface area contributed by atoms with Gasteiger partial charge in [0.2, 0.25) is 5.91 Å². The topological polar surface area (TPSA) is 69.6 Å². The Kier molecular flexibility index (Phi) is 1.85. The molecule has 0 bridgehead atoms. The lowest BCUT2D eigenvalue weighted by molar-refractivity contribution is -0.115. The van der Waals surface area contributed by atoms with E-state index in [0.29, 0.717) is 11.4 Å². The highest BCUT2D eigenvalue weighted by molar-refractivity contribution is 6.07. The van der Waals surface area contributed by atoms with Crippen LogP contribution in [0.2, 0.25) is 0 Å². The molecular weight excluding hydrogens is 184 g/mol. The van der Waals surface area contributed by atoms with Gasteiger partial charge < -0.3 is 10.4 Å². The highest BCUT2D eigenvalue weighted by atomic mass is 16.4. The zero-order valence-corrected chi connectivity index (χ0v) is 7.23. The van der Waals surface area contributed by atoms with E-state index in [1.165, 1.54) is 0 Å². The summed E-state index contributed by atoms with van der Waals surface area (Å²) in [7, 11) is 0. The number of anilines is 2. The Morgan fingerprint density at radius 1 is 1.43 bits per heavy atom. The Hall–Kier alpha value is -2.04. The number of para-hydroxylation sites is 2. The number of benzene rings is 1. The Balaban J connectivity index is 2.48. The van der Waals surface area contributed by atoms with Crippen LogP contribution in [0.25, 0.3) is 0 Å². The van der Waals surface area contributed by atoms with Gasteiger partial charge in [0.15, 0.2) is 0 Å². The number of hydrogen-bond acceptors (Lipinski definition) is 2. The molecule has 0 fully saturated rings. The number of nitrogens with zero attached hydrogens (tertiary/aromatic N) is 1. The van der Waals surface area contributed by atoms with E-state index in [0.717, 1.165) is 4.90 Å². The monoisotopic (exact) mass is 192 g/mol. The van der Waals surface area contributed by atoms with Gasteiger partial charge in [-0.25, -0.2) is 4.79 Å². The van der Waals surface area contributed by atoms with Crippen molar-refractivity contribution in [3.8, 4) is 0 Å². The lowest BCUT2D eigenvalue weighted by Crippen LogP contribution is -2.41. The first-order chi connectivity index (χ1) is 6.68. The largest absolute Gasteiger partial charge is 0.465 e. The quantitative estimate of drug-likeness (QED) is 0.647. The molecule has 2 rings (SSSR count). The fourth-order valence-corrected chi connectivity index (χ4v) is 1.40. The van der Waals surface area contributed by atoms with Gasteiger partial charge in [0, 0.05) is 0 Å². The van der Waals surface area contributed by atoms with Gasteiger partial charge in [0.05, 0.1) is 11.4 Å². The Morgan fingerprint density at radius 2 is 2.14 bits per heavy atom. The van der Waals surface area contributed by atoms with Crippen molar-refractivity contribution < 1.29 is 14.7 Å². The first-order valence-corrected chi connectivity index (χ1v) is 4.08. The van der Waals surface area contributed by atoms with Crippen molar-refractivity contribution in [1.82, 2.24) is 0 Å². The van der Waals surface area contributed by atoms with E-state index in [4.69, 9.17) is 5.11 Å². The van der Waals surface area contributed by atoms with Crippen LogP contribution in [-0.4, -0.2) is 23.7 Å². The fourth-order valence-electron chi connectivity index (χ4n) is 1.40. The maximum atomic E-state index is 11.1. The molecule has 1 aliphatic rings. The van der Waals surface area contributed by atoms with Crippen molar-refractivity contribution in [3.63, 3.8) is 0 Å². The maximum absolute atomic E-state index is 11.1. The molecule has 0 unspecified atom stereocenters. The smallest absolute Gasteiger partial charge is 0.412 e. The summed E-state index contributed by atoms with van der Waals surface area (Å²) in [5.41, 5.74) is 1.05. The molecule has 2 amide bonds. The van der Waals surface area contributed by atoms with Crippen LogP contribution < -0.4 is 10.2 Å². The molecule has 0 spiro atoms. The van der Waals surface area contributed by atoms with Crippen LogP contribution in [0.1, 0.15) is 0 Å². The van der Waals surface area contributed by atoms with Crippen LogP contribution in [0, 0.1) is 0 Å². The molecule has 0 aromatic heterocycles. The van der Waals surface area contributed by atoms with E-state index in [1.807, 2.05) is 0 Å². The number of nitrogens with one attached hydrogen (secondary N) is 1. The third kappa shape index (κ3) is 1.28.